The summed E-state index contributed by atoms with van der Waals surface area (Å²) in [6, 6.07) is 5.99. The maximum Gasteiger partial charge on any atom is 0.229 e. The molecule has 0 unspecified atom stereocenters. The first-order valence-electron chi connectivity index (χ1n) is 5.01. The average Bonchev–Trinajstić information content (AvgIpc) is 2.21. The van der Waals surface area contributed by atoms with Crippen LogP contribution in [0.4, 0.5) is 5.69 Å². The molecule has 15 heavy (non-hydrogen) atoms. The number of carbonyl (C=O) groups excluding carboxylic acids is 1. The van der Waals surface area contributed by atoms with Gasteiger partial charge in [0.15, 0.2) is 0 Å². The Bertz CT molecular complexity index is 361. The molecule has 0 saturated heterocycles. The zero-order valence-corrected chi connectivity index (χ0v) is 9.45. The number of anilines is 1. The van der Waals surface area contributed by atoms with Crippen molar-refractivity contribution in [3.8, 4) is 0 Å². The van der Waals surface area contributed by atoms with Crippen molar-refractivity contribution in [3.63, 3.8) is 0 Å². The number of hydrogen-bond donors (Lipinski definition) is 1. The Morgan fingerprint density at radius 1 is 1.40 bits per heavy atom. The normalized spacial score (nSPS) is 10.1. The summed E-state index contributed by atoms with van der Waals surface area (Å²) in [6.45, 7) is 3.86. The van der Waals surface area contributed by atoms with E-state index in [0.29, 0.717) is 0 Å². The molecule has 0 atom stereocenters. The maximum atomic E-state index is 11.6. The summed E-state index contributed by atoms with van der Waals surface area (Å²) in [4.78, 5) is 13.2. The third kappa shape index (κ3) is 2.80. The number of amides is 1. The van der Waals surface area contributed by atoms with E-state index in [1.807, 2.05) is 32.0 Å². The summed E-state index contributed by atoms with van der Waals surface area (Å²) in [6.07, 6.45) is 0.171. The van der Waals surface area contributed by atoms with Gasteiger partial charge in [0.25, 0.3) is 0 Å². The van der Waals surface area contributed by atoms with Gasteiger partial charge in [0.1, 0.15) is 0 Å². The van der Waals surface area contributed by atoms with Gasteiger partial charge < -0.3 is 10.0 Å². The molecule has 1 aromatic rings. The van der Waals surface area contributed by atoms with Crippen molar-refractivity contribution in [3.05, 3.63) is 29.3 Å². The molecule has 3 heteroatoms. The van der Waals surface area contributed by atoms with Crippen LogP contribution in [0, 0.1) is 13.8 Å². The molecule has 0 aliphatic carbocycles. The van der Waals surface area contributed by atoms with E-state index in [-0.39, 0.29) is 18.9 Å². The minimum atomic E-state index is -0.103. The summed E-state index contributed by atoms with van der Waals surface area (Å²) in [5, 5.41) is 8.71. The van der Waals surface area contributed by atoms with Crippen LogP contribution in [-0.2, 0) is 4.79 Å². The maximum absolute atomic E-state index is 11.6. The second-order valence-corrected chi connectivity index (χ2v) is 3.72. The molecule has 1 N–H and O–H groups in total. The second kappa shape index (κ2) is 4.94. The van der Waals surface area contributed by atoms with Crippen LogP contribution in [0.1, 0.15) is 17.5 Å². The Morgan fingerprint density at radius 2 is 2.07 bits per heavy atom. The zero-order valence-electron chi connectivity index (χ0n) is 9.45. The topological polar surface area (TPSA) is 40.5 Å². The van der Waals surface area contributed by atoms with E-state index in [1.165, 1.54) is 0 Å². The molecule has 0 spiro atoms. The van der Waals surface area contributed by atoms with Crippen molar-refractivity contribution < 1.29 is 9.90 Å². The highest BCUT2D eigenvalue weighted by molar-refractivity contribution is 5.93. The van der Waals surface area contributed by atoms with Crippen molar-refractivity contribution in [2.45, 2.75) is 20.3 Å². The lowest BCUT2D eigenvalue weighted by Crippen LogP contribution is -2.27. The molecular weight excluding hydrogens is 190 g/mol. The summed E-state index contributed by atoms with van der Waals surface area (Å²) in [5.41, 5.74) is 3.10. The molecule has 0 heterocycles. The molecule has 0 bridgehead atoms. The van der Waals surface area contributed by atoms with Gasteiger partial charge in [0.2, 0.25) is 5.91 Å². The number of hydrogen-bond acceptors (Lipinski definition) is 2. The molecular formula is C12H17NO2. The van der Waals surface area contributed by atoms with Gasteiger partial charge in [0.05, 0.1) is 13.0 Å². The standard InChI is InChI=1S/C12H17NO2/c1-9-4-5-10(2)11(8-9)13(3)12(15)6-7-14/h4-5,8,14H,6-7H2,1-3H3. The highest BCUT2D eigenvalue weighted by atomic mass is 16.3. The van der Waals surface area contributed by atoms with Gasteiger partial charge in [-0.15, -0.1) is 0 Å². The van der Waals surface area contributed by atoms with E-state index in [2.05, 4.69) is 0 Å². The molecule has 3 nitrogen and oxygen atoms in total. The van der Waals surface area contributed by atoms with E-state index < -0.39 is 0 Å². The van der Waals surface area contributed by atoms with Crippen LogP contribution in [0.15, 0.2) is 18.2 Å². The Morgan fingerprint density at radius 3 is 2.67 bits per heavy atom. The molecule has 0 saturated carbocycles. The van der Waals surface area contributed by atoms with Crippen molar-refractivity contribution in [2.75, 3.05) is 18.6 Å². The minimum absolute atomic E-state index is 0.0637. The van der Waals surface area contributed by atoms with Gasteiger partial charge in [-0.2, -0.15) is 0 Å². The highest BCUT2D eigenvalue weighted by Crippen LogP contribution is 2.20. The second-order valence-electron chi connectivity index (χ2n) is 3.72. The smallest absolute Gasteiger partial charge is 0.229 e. The Balaban J connectivity index is 2.94. The third-order valence-electron chi connectivity index (χ3n) is 2.43. The SMILES string of the molecule is Cc1ccc(C)c(N(C)C(=O)CCO)c1. The quantitative estimate of drug-likeness (QED) is 0.818. The van der Waals surface area contributed by atoms with Crippen LogP contribution < -0.4 is 4.90 Å². The number of benzene rings is 1. The molecule has 82 valence electrons. The van der Waals surface area contributed by atoms with Gasteiger partial charge in [-0.25, -0.2) is 0 Å². The van der Waals surface area contributed by atoms with Crippen LogP contribution in [0.3, 0.4) is 0 Å². The molecule has 1 rings (SSSR count). The van der Waals surface area contributed by atoms with E-state index in [1.54, 1.807) is 11.9 Å². The molecule has 0 aromatic heterocycles. The van der Waals surface area contributed by atoms with Crippen molar-refractivity contribution >= 4 is 11.6 Å². The third-order valence-corrected chi connectivity index (χ3v) is 2.43. The largest absolute Gasteiger partial charge is 0.396 e. The van der Waals surface area contributed by atoms with Crippen LogP contribution in [-0.4, -0.2) is 24.7 Å². The molecule has 0 aliphatic heterocycles. The highest BCUT2D eigenvalue weighted by Gasteiger charge is 2.11. The average molecular weight is 207 g/mol. The number of aryl methyl sites for hydroxylation is 2. The van der Waals surface area contributed by atoms with Crippen LogP contribution in [0.5, 0.6) is 0 Å². The van der Waals surface area contributed by atoms with Gasteiger partial charge in [-0.05, 0) is 31.0 Å². The number of aliphatic hydroxyl groups is 1. The minimum Gasteiger partial charge on any atom is -0.396 e. The Labute approximate surface area is 90.3 Å². The van der Waals surface area contributed by atoms with E-state index in [4.69, 9.17) is 5.11 Å². The van der Waals surface area contributed by atoms with Crippen LogP contribution in [0.2, 0.25) is 0 Å². The van der Waals surface area contributed by atoms with Gasteiger partial charge in [-0.3, -0.25) is 4.79 Å². The lowest BCUT2D eigenvalue weighted by molar-refractivity contribution is -0.118. The first-order chi connectivity index (χ1) is 7.06. The van der Waals surface area contributed by atoms with Gasteiger partial charge in [-0.1, -0.05) is 12.1 Å². The fourth-order valence-electron chi connectivity index (χ4n) is 1.48. The van der Waals surface area contributed by atoms with Gasteiger partial charge >= 0.3 is 0 Å². The molecule has 0 radical (unpaired) electrons. The van der Waals surface area contributed by atoms with E-state index in [9.17, 15) is 4.79 Å². The Kier molecular flexibility index (Phi) is 3.86. The fraction of sp³-hybridized carbons (Fsp3) is 0.417. The van der Waals surface area contributed by atoms with E-state index in [0.717, 1.165) is 16.8 Å². The first kappa shape index (κ1) is 11.7. The Hall–Kier alpha value is -1.35. The van der Waals surface area contributed by atoms with Crippen molar-refractivity contribution in [1.29, 1.82) is 0 Å². The summed E-state index contributed by atoms with van der Waals surface area (Å²) in [7, 11) is 1.74. The number of aliphatic hydroxyl groups excluding tert-OH is 1. The lowest BCUT2D eigenvalue weighted by Gasteiger charge is -2.19. The number of nitrogens with zero attached hydrogens (tertiary/aromatic N) is 1. The van der Waals surface area contributed by atoms with Crippen LogP contribution in [0.25, 0.3) is 0 Å². The lowest BCUT2D eigenvalue weighted by atomic mass is 10.1. The van der Waals surface area contributed by atoms with Crippen molar-refractivity contribution in [2.24, 2.45) is 0 Å². The summed E-state index contributed by atoms with van der Waals surface area (Å²) < 4.78 is 0. The number of carbonyl (C=O) groups is 1. The predicted octanol–water partition coefficient (Wildman–Crippen LogP) is 1.65. The molecule has 0 aliphatic rings. The first-order valence-corrected chi connectivity index (χ1v) is 5.01. The molecule has 0 fully saturated rings. The predicted molar refractivity (Wildman–Crippen MR) is 61.0 cm³/mol. The fourth-order valence-corrected chi connectivity index (χ4v) is 1.48. The van der Waals surface area contributed by atoms with Crippen molar-refractivity contribution in [1.82, 2.24) is 0 Å². The molecule has 1 aromatic carbocycles. The van der Waals surface area contributed by atoms with E-state index >= 15 is 0 Å². The summed E-state index contributed by atoms with van der Waals surface area (Å²) >= 11 is 0. The zero-order chi connectivity index (χ0) is 11.4. The number of rotatable bonds is 3. The van der Waals surface area contributed by atoms with Gasteiger partial charge in [0, 0.05) is 12.7 Å². The summed E-state index contributed by atoms with van der Waals surface area (Å²) in [5.74, 6) is -0.0637. The molecule has 1 amide bonds. The monoisotopic (exact) mass is 207 g/mol. The van der Waals surface area contributed by atoms with Crippen LogP contribution >= 0.6 is 0 Å².